The van der Waals surface area contributed by atoms with Crippen molar-refractivity contribution in [3.8, 4) is 28.3 Å². The summed E-state index contributed by atoms with van der Waals surface area (Å²) in [5.74, 6) is -2.01. The molecule has 6 rings (SSSR count). The van der Waals surface area contributed by atoms with E-state index >= 15 is 8.78 Å². The van der Waals surface area contributed by atoms with E-state index in [1.54, 1.807) is 31.2 Å². The van der Waals surface area contributed by atoms with Gasteiger partial charge in [0.15, 0.2) is 0 Å². The first kappa shape index (κ1) is 31.8. The number of ether oxygens (including phenoxy) is 1. The van der Waals surface area contributed by atoms with Gasteiger partial charge in [0.1, 0.15) is 17.2 Å². The van der Waals surface area contributed by atoms with Gasteiger partial charge in [0.2, 0.25) is 11.8 Å². The zero-order valence-corrected chi connectivity index (χ0v) is 26.4. The van der Waals surface area contributed by atoms with Gasteiger partial charge in [-0.05, 0) is 67.1 Å². The number of amides is 2. The van der Waals surface area contributed by atoms with E-state index in [-0.39, 0.29) is 51.6 Å². The monoisotopic (exact) mass is 644 g/mol. The van der Waals surface area contributed by atoms with Crippen LogP contribution in [-0.4, -0.2) is 45.6 Å². The van der Waals surface area contributed by atoms with Gasteiger partial charge in [-0.25, -0.2) is 18.6 Å². The smallest absolute Gasteiger partial charge is 0.330 e. The molecule has 2 aliphatic rings. The van der Waals surface area contributed by atoms with Gasteiger partial charge in [0.05, 0.1) is 18.4 Å². The molecular weight excluding hydrogens is 610 g/mol. The lowest BCUT2D eigenvalue weighted by atomic mass is 9.94. The highest BCUT2D eigenvalue weighted by atomic mass is 19.1. The van der Waals surface area contributed by atoms with Crippen molar-refractivity contribution in [2.24, 2.45) is 14.1 Å². The molecule has 1 fully saturated rings. The number of benzene rings is 2. The van der Waals surface area contributed by atoms with Gasteiger partial charge in [0.25, 0.3) is 11.5 Å². The van der Waals surface area contributed by atoms with E-state index in [1.807, 2.05) is 0 Å². The van der Waals surface area contributed by atoms with Crippen LogP contribution in [0.1, 0.15) is 52.4 Å². The molecule has 2 atom stereocenters. The number of methoxy groups -OCH3 is 1. The van der Waals surface area contributed by atoms with E-state index in [0.29, 0.717) is 30.8 Å². The Morgan fingerprint density at radius 1 is 1.09 bits per heavy atom. The van der Waals surface area contributed by atoms with Crippen molar-refractivity contribution in [2.75, 3.05) is 19.0 Å². The average molecular weight is 645 g/mol. The molecule has 11 nitrogen and oxygen atoms in total. The van der Waals surface area contributed by atoms with Gasteiger partial charge < -0.3 is 25.3 Å². The Morgan fingerprint density at radius 3 is 2.60 bits per heavy atom. The number of aromatic nitrogens is 3. The van der Waals surface area contributed by atoms with E-state index < -0.39 is 28.8 Å². The lowest BCUT2D eigenvalue weighted by molar-refractivity contribution is -0.119. The van der Waals surface area contributed by atoms with Crippen LogP contribution in [0.5, 0.6) is 5.88 Å². The molecule has 244 valence electrons. The van der Waals surface area contributed by atoms with Crippen molar-refractivity contribution in [2.45, 2.75) is 44.7 Å². The molecule has 1 saturated heterocycles. The first-order valence-electron chi connectivity index (χ1n) is 15.2. The minimum absolute atomic E-state index is 0.0471. The van der Waals surface area contributed by atoms with Gasteiger partial charge in [-0.3, -0.25) is 19.0 Å². The fraction of sp³-hybridized carbons (Fsp3) is 0.324. The van der Waals surface area contributed by atoms with E-state index in [9.17, 15) is 19.2 Å². The molecule has 3 N–H and O–H groups in total. The second kappa shape index (κ2) is 12.6. The van der Waals surface area contributed by atoms with Crippen LogP contribution >= 0.6 is 0 Å². The number of nitrogens with one attached hydrogen (secondary N) is 3. The van der Waals surface area contributed by atoms with E-state index in [4.69, 9.17) is 4.74 Å². The van der Waals surface area contributed by atoms with Crippen molar-refractivity contribution in [3.63, 3.8) is 0 Å². The van der Waals surface area contributed by atoms with Crippen LogP contribution in [0.25, 0.3) is 22.4 Å². The summed E-state index contributed by atoms with van der Waals surface area (Å²) in [6.45, 7) is 2.22. The van der Waals surface area contributed by atoms with Crippen LogP contribution in [0.3, 0.4) is 0 Å². The molecule has 4 aromatic rings. The average Bonchev–Trinajstić information content (AvgIpc) is 3.67. The number of fused-ring (bicyclic) bond motifs is 1. The maximum Gasteiger partial charge on any atom is 0.330 e. The van der Waals surface area contributed by atoms with Crippen molar-refractivity contribution in [3.05, 3.63) is 97.3 Å². The third-order valence-electron chi connectivity index (χ3n) is 8.96. The highest BCUT2D eigenvalue weighted by Gasteiger charge is 2.31. The van der Waals surface area contributed by atoms with Crippen LogP contribution in [-0.2, 0) is 25.3 Å². The summed E-state index contributed by atoms with van der Waals surface area (Å²) in [5.41, 5.74) is 1.07. The molecule has 0 unspecified atom stereocenters. The van der Waals surface area contributed by atoms with Crippen LogP contribution in [0.4, 0.5) is 14.5 Å². The highest BCUT2D eigenvalue weighted by Crippen LogP contribution is 2.41. The minimum atomic E-state index is -0.831. The number of hydrogen-bond acceptors (Lipinski definition) is 7. The maximum absolute atomic E-state index is 16.4. The quantitative estimate of drug-likeness (QED) is 0.267. The molecule has 0 bridgehead atoms. The molecule has 2 aromatic heterocycles. The molecule has 1 aliphatic heterocycles. The zero-order chi connectivity index (χ0) is 33.6. The fourth-order valence-corrected chi connectivity index (χ4v) is 6.41. The fourth-order valence-electron chi connectivity index (χ4n) is 6.41. The number of nitrogens with zero attached hydrogens (tertiary/aromatic N) is 3. The van der Waals surface area contributed by atoms with Crippen molar-refractivity contribution < 1.29 is 23.1 Å². The lowest BCUT2D eigenvalue weighted by Crippen LogP contribution is -2.40. The predicted octanol–water partition coefficient (Wildman–Crippen LogP) is 3.52. The number of carbonyl (C=O) groups is 2. The largest absolute Gasteiger partial charge is 0.481 e. The molecule has 2 aromatic carbocycles. The third-order valence-corrected chi connectivity index (χ3v) is 8.96. The SMILES string of the molecule is COc1nc(-c2ccc(F)c(-c3cccc(NC(=O)c4cn(C)c(=O)n(C)c4=O)c3C)c2F)cc2c1[C@@H](NC[C@@H]1CCC(=O)N1)CC2. The van der Waals surface area contributed by atoms with Crippen LogP contribution in [0.15, 0.2) is 52.2 Å². The number of hydrogen-bond donors (Lipinski definition) is 3. The Labute approximate surface area is 268 Å². The summed E-state index contributed by atoms with van der Waals surface area (Å²) >= 11 is 0. The molecule has 13 heteroatoms. The summed E-state index contributed by atoms with van der Waals surface area (Å²) in [5, 5.41) is 9.11. The Hall–Kier alpha value is -5.17. The number of halogens is 2. The first-order valence-corrected chi connectivity index (χ1v) is 15.2. The van der Waals surface area contributed by atoms with Crippen molar-refractivity contribution >= 4 is 17.5 Å². The normalized spacial score (nSPS) is 17.0. The van der Waals surface area contributed by atoms with E-state index in [1.165, 1.54) is 33.3 Å². The summed E-state index contributed by atoms with van der Waals surface area (Å²) < 4.78 is 39.4. The van der Waals surface area contributed by atoms with E-state index in [2.05, 4.69) is 20.9 Å². The van der Waals surface area contributed by atoms with Gasteiger partial charge in [-0.2, -0.15) is 0 Å². The molecule has 0 spiro atoms. The van der Waals surface area contributed by atoms with Crippen molar-refractivity contribution in [1.82, 2.24) is 24.8 Å². The summed E-state index contributed by atoms with van der Waals surface area (Å²) in [7, 11) is 4.19. The summed E-state index contributed by atoms with van der Waals surface area (Å²) in [6.07, 6.45) is 3.91. The van der Waals surface area contributed by atoms with Gasteiger partial charge in [-0.1, -0.05) is 12.1 Å². The Balaban J connectivity index is 1.32. The zero-order valence-electron chi connectivity index (χ0n) is 26.4. The molecule has 0 radical (unpaired) electrons. The second-order valence-corrected chi connectivity index (χ2v) is 11.9. The van der Waals surface area contributed by atoms with Gasteiger partial charge in [0, 0.05) is 62.2 Å². The van der Waals surface area contributed by atoms with E-state index in [0.717, 1.165) is 39.3 Å². The number of aryl methyl sites for hydroxylation is 2. The van der Waals surface area contributed by atoms with Crippen LogP contribution < -0.4 is 31.9 Å². The number of carbonyl (C=O) groups excluding carboxylic acids is 2. The van der Waals surface area contributed by atoms with Crippen LogP contribution in [0.2, 0.25) is 0 Å². The lowest BCUT2D eigenvalue weighted by Gasteiger charge is -2.20. The second-order valence-electron chi connectivity index (χ2n) is 11.9. The molecular formula is C34H34F2N6O5. The summed E-state index contributed by atoms with van der Waals surface area (Å²) in [4.78, 5) is 54.0. The topological polar surface area (TPSA) is 136 Å². The third kappa shape index (κ3) is 5.82. The number of pyridine rings is 1. The Kier molecular flexibility index (Phi) is 8.49. The van der Waals surface area contributed by atoms with Crippen LogP contribution in [0, 0.1) is 18.6 Å². The molecule has 2 amide bonds. The van der Waals surface area contributed by atoms with Gasteiger partial charge in [-0.15, -0.1) is 0 Å². The number of rotatable bonds is 8. The predicted molar refractivity (Wildman–Crippen MR) is 171 cm³/mol. The van der Waals surface area contributed by atoms with Gasteiger partial charge >= 0.3 is 5.69 Å². The summed E-state index contributed by atoms with van der Waals surface area (Å²) in [6, 6.07) is 8.97. The van der Waals surface area contributed by atoms with Crippen molar-refractivity contribution in [1.29, 1.82) is 0 Å². The highest BCUT2D eigenvalue weighted by molar-refractivity contribution is 6.04. The molecule has 1 aliphatic carbocycles. The maximum atomic E-state index is 16.4. The molecule has 0 saturated carbocycles. The Morgan fingerprint density at radius 2 is 1.87 bits per heavy atom. The first-order chi connectivity index (χ1) is 22.5. The molecule has 47 heavy (non-hydrogen) atoms. The Bertz CT molecular complexity index is 2060. The minimum Gasteiger partial charge on any atom is -0.481 e. The molecule has 3 heterocycles. The standard InChI is InChI=1S/C34H34F2N6O5/c1-17-20(6-5-7-24(17)39-31(44)22-16-41(2)34(46)42(3)33(22)45)29-23(35)11-10-21(30(29)36)26-14-18-8-12-25(28(18)32(40-26)47-4)37-15-19-9-13-27(43)38-19/h5-7,10-11,14,16,19,25,37H,8-9,12-13,15H2,1-4H3,(H,38,43)(H,39,44)/t19-,25-/m0/s1. The number of anilines is 1.